The third kappa shape index (κ3) is 1.76. The van der Waals surface area contributed by atoms with Crippen molar-refractivity contribution in [2.75, 3.05) is 6.54 Å². The molecule has 0 spiro atoms. The zero-order chi connectivity index (χ0) is 9.42. The maximum Gasteiger partial charge on any atom is 0.127 e. The van der Waals surface area contributed by atoms with E-state index in [1.165, 1.54) is 6.07 Å². The molecule has 1 aromatic rings. The van der Waals surface area contributed by atoms with Gasteiger partial charge in [0.1, 0.15) is 5.82 Å². The van der Waals surface area contributed by atoms with Crippen molar-refractivity contribution in [1.82, 2.24) is 0 Å². The second-order valence-electron chi connectivity index (χ2n) is 3.50. The van der Waals surface area contributed by atoms with Crippen LogP contribution >= 0.6 is 15.9 Å². The Kier molecular flexibility index (Phi) is 2.39. The lowest BCUT2D eigenvalue weighted by atomic mass is 10.1. The third-order valence-corrected chi connectivity index (χ3v) is 3.08. The van der Waals surface area contributed by atoms with Crippen molar-refractivity contribution in [3.8, 4) is 0 Å². The molecular weight excluding hydrogens is 233 g/mol. The van der Waals surface area contributed by atoms with Crippen molar-refractivity contribution in [2.24, 2.45) is 11.7 Å². The van der Waals surface area contributed by atoms with Crippen molar-refractivity contribution >= 4 is 15.9 Å². The van der Waals surface area contributed by atoms with Crippen LogP contribution in [0.2, 0.25) is 0 Å². The van der Waals surface area contributed by atoms with Crippen LogP contribution in [-0.4, -0.2) is 6.54 Å². The van der Waals surface area contributed by atoms with Crippen LogP contribution in [0, 0.1) is 11.7 Å². The maximum atomic E-state index is 13.4. The number of hydrogen-bond acceptors (Lipinski definition) is 1. The highest BCUT2D eigenvalue weighted by molar-refractivity contribution is 9.10. The summed E-state index contributed by atoms with van der Waals surface area (Å²) in [5, 5.41) is 0. The fourth-order valence-corrected chi connectivity index (χ4v) is 2.02. The largest absolute Gasteiger partial charge is 0.330 e. The molecule has 1 aliphatic rings. The highest BCUT2D eigenvalue weighted by Crippen LogP contribution is 2.47. The molecule has 0 heterocycles. The van der Waals surface area contributed by atoms with E-state index in [0.29, 0.717) is 18.4 Å². The van der Waals surface area contributed by atoms with Crippen molar-refractivity contribution < 1.29 is 4.39 Å². The van der Waals surface area contributed by atoms with Gasteiger partial charge in [0.05, 0.1) is 0 Å². The Bertz CT molecular complexity index is 327. The predicted octanol–water partition coefficient (Wildman–Crippen LogP) is 2.65. The van der Waals surface area contributed by atoms with E-state index in [0.717, 1.165) is 16.5 Å². The average molecular weight is 244 g/mol. The summed E-state index contributed by atoms with van der Waals surface area (Å²) in [7, 11) is 0. The van der Waals surface area contributed by atoms with E-state index in [-0.39, 0.29) is 5.82 Å². The number of benzene rings is 1. The van der Waals surface area contributed by atoms with E-state index in [9.17, 15) is 4.39 Å². The molecule has 3 heteroatoms. The number of hydrogen-bond donors (Lipinski definition) is 1. The van der Waals surface area contributed by atoms with Gasteiger partial charge in [-0.05, 0) is 42.5 Å². The molecule has 0 aromatic heterocycles. The minimum absolute atomic E-state index is 0.115. The molecule has 2 rings (SSSR count). The summed E-state index contributed by atoms with van der Waals surface area (Å²) in [6.45, 7) is 0.667. The summed E-state index contributed by atoms with van der Waals surface area (Å²) in [5.41, 5.74) is 6.33. The van der Waals surface area contributed by atoms with Gasteiger partial charge >= 0.3 is 0 Å². The first-order valence-corrected chi connectivity index (χ1v) is 5.16. The van der Waals surface area contributed by atoms with Gasteiger partial charge in [0.2, 0.25) is 0 Å². The predicted molar refractivity (Wildman–Crippen MR) is 54.0 cm³/mol. The highest BCUT2D eigenvalue weighted by Gasteiger charge is 2.38. The molecule has 1 aromatic carbocycles. The maximum absolute atomic E-state index is 13.4. The molecule has 2 atom stereocenters. The molecule has 1 saturated carbocycles. The Hall–Kier alpha value is -0.410. The van der Waals surface area contributed by atoms with Gasteiger partial charge in [-0.2, -0.15) is 0 Å². The van der Waals surface area contributed by atoms with Gasteiger partial charge in [-0.1, -0.05) is 22.0 Å². The molecule has 0 aliphatic heterocycles. The SMILES string of the molecule is NCC1CC1c1ccc(Br)cc1F. The van der Waals surface area contributed by atoms with Gasteiger partial charge < -0.3 is 5.73 Å². The topological polar surface area (TPSA) is 26.0 Å². The van der Waals surface area contributed by atoms with Crippen LogP contribution in [0.25, 0.3) is 0 Å². The Balaban J connectivity index is 2.22. The fraction of sp³-hybridized carbons (Fsp3) is 0.400. The van der Waals surface area contributed by atoms with E-state index >= 15 is 0 Å². The molecule has 70 valence electrons. The highest BCUT2D eigenvalue weighted by atomic mass is 79.9. The summed E-state index contributed by atoms with van der Waals surface area (Å²) in [5.74, 6) is 0.740. The third-order valence-electron chi connectivity index (χ3n) is 2.59. The van der Waals surface area contributed by atoms with Crippen molar-refractivity contribution in [3.05, 3.63) is 34.1 Å². The summed E-state index contributed by atoms with van der Waals surface area (Å²) in [6.07, 6.45) is 1.04. The van der Waals surface area contributed by atoms with Crippen molar-refractivity contribution in [2.45, 2.75) is 12.3 Å². The molecule has 1 fully saturated rings. The summed E-state index contributed by atoms with van der Waals surface area (Å²) in [4.78, 5) is 0. The molecule has 1 aliphatic carbocycles. The van der Waals surface area contributed by atoms with Crippen molar-refractivity contribution in [1.29, 1.82) is 0 Å². The summed E-state index contributed by atoms with van der Waals surface area (Å²) < 4.78 is 14.2. The molecule has 2 N–H and O–H groups in total. The summed E-state index contributed by atoms with van der Waals surface area (Å²) >= 11 is 3.23. The zero-order valence-corrected chi connectivity index (χ0v) is 8.72. The van der Waals surface area contributed by atoms with Gasteiger partial charge in [0, 0.05) is 4.47 Å². The summed E-state index contributed by atoms with van der Waals surface area (Å²) in [6, 6.07) is 5.24. The molecule has 0 bridgehead atoms. The van der Waals surface area contributed by atoms with Gasteiger partial charge in [-0.25, -0.2) is 4.39 Å². The van der Waals surface area contributed by atoms with E-state index < -0.39 is 0 Å². The van der Waals surface area contributed by atoms with E-state index in [1.807, 2.05) is 12.1 Å². The molecule has 0 amide bonds. The van der Waals surface area contributed by atoms with Crippen LogP contribution in [0.3, 0.4) is 0 Å². The van der Waals surface area contributed by atoms with E-state index in [1.54, 1.807) is 0 Å². The lowest BCUT2D eigenvalue weighted by Crippen LogP contribution is -2.02. The van der Waals surface area contributed by atoms with Crippen LogP contribution in [0.15, 0.2) is 22.7 Å². The first kappa shape index (κ1) is 9.16. The second-order valence-corrected chi connectivity index (χ2v) is 4.42. The second kappa shape index (κ2) is 3.39. The lowest BCUT2D eigenvalue weighted by Gasteiger charge is -2.01. The average Bonchev–Trinajstić information content (AvgIpc) is 2.83. The minimum atomic E-state index is -0.115. The van der Waals surface area contributed by atoms with Crippen LogP contribution < -0.4 is 5.73 Å². The zero-order valence-electron chi connectivity index (χ0n) is 7.13. The number of rotatable bonds is 2. The molecule has 2 unspecified atom stereocenters. The Morgan fingerprint density at radius 3 is 2.85 bits per heavy atom. The van der Waals surface area contributed by atoms with Gasteiger partial charge in [-0.3, -0.25) is 0 Å². The Labute approximate surface area is 85.3 Å². The smallest absolute Gasteiger partial charge is 0.127 e. The van der Waals surface area contributed by atoms with Gasteiger partial charge in [0.15, 0.2) is 0 Å². The number of halogens is 2. The lowest BCUT2D eigenvalue weighted by molar-refractivity contribution is 0.605. The first-order valence-electron chi connectivity index (χ1n) is 4.37. The molecule has 1 nitrogen and oxygen atoms in total. The van der Waals surface area contributed by atoms with Gasteiger partial charge in [-0.15, -0.1) is 0 Å². The molecule has 0 radical (unpaired) electrons. The Morgan fingerprint density at radius 2 is 2.31 bits per heavy atom. The van der Waals surface area contributed by atoms with E-state index in [4.69, 9.17) is 5.73 Å². The molecule has 13 heavy (non-hydrogen) atoms. The van der Waals surface area contributed by atoms with Crippen molar-refractivity contribution in [3.63, 3.8) is 0 Å². The monoisotopic (exact) mass is 243 g/mol. The fourth-order valence-electron chi connectivity index (χ4n) is 1.69. The first-order chi connectivity index (χ1) is 6.22. The minimum Gasteiger partial charge on any atom is -0.330 e. The van der Waals surface area contributed by atoms with Crippen LogP contribution in [0.4, 0.5) is 4.39 Å². The molecular formula is C10H11BrFN. The molecule has 0 saturated heterocycles. The van der Waals surface area contributed by atoms with E-state index in [2.05, 4.69) is 15.9 Å². The Morgan fingerprint density at radius 1 is 1.54 bits per heavy atom. The van der Waals surface area contributed by atoms with Gasteiger partial charge in [0.25, 0.3) is 0 Å². The normalized spacial score (nSPS) is 26.1. The quantitative estimate of drug-likeness (QED) is 0.850. The van der Waals surface area contributed by atoms with Crippen LogP contribution in [0.5, 0.6) is 0 Å². The standard InChI is InChI=1S/C10H11BrFN/c11-7-1-2-8(10(12)4-7)9-3-6(9)5-13/h1-2,4,6,9H,3,5,13H2. The van der Waals surface area contributed by atoms with Crippen LogP contribution in [-0.2, 0) is 0 Å². The number of nitrogens with two attached hydrogens (primary N) is 1. The van der Waals surface area contributed by atoms with Crippen LogP contribution in [0.1, 0.15) is 17.9 Å².